The minimum absolute atomic E-state index is 0.0269. The summed E-state index contributed by atoms with van der Waals surface area (Å²) in [4.78, 5) is 36.9. The Morgan fingerprint density at radius 3 is 1.56 bits per heavy atom. The topological polar surface area (TPSA) is 111 Å². The highest BCUT2D eigenvalue weighted by Crippen LogP contribution is 2.38. The molecule has 0 aliphatic heterocycles. The molecule has 2 atom stereocenters. The highest BCUT2D eigenvalue weighted by atomic mass is 31.2. The van der Waals surface area contributed by atoms with Crippen LogP contribution in [0, 0.1) is 0 Å². The number of ether oxygens (including phenoxy) is 2. The van der Waals surface area contributed by atoms with Crippen LogP contribution in [0.2, 0.25) is 0 Å². The van der Waals surface area contributed by atoms with Gasteiger partial charge < -0.3 is 27.9 Å². The first-order chi connectivity index (χ1) is 19.5. The van der Waals surface area contributed by atoms with Crippen molar-refractivity contribution >= 4 is 19.8 Å². The number of carbonyl (C=O) groups is 2. The third kappa shape index (κ3) is 28.9. The van der Waals surface area contributed by atoms with E-state index in [0.717, 1.165) is 38.5 Å². The first kappa shape index (κ1) is 40.0. The molecule has 9 nitrogen and oxygen atoms in total. The lowest BCUT2D eigenvalue weighted by atomic mass is 10.1. The maximum absolute atomic E-state index is 12.5. The van der Waals surface area contributed by atoms with Gasteiger partial charge in [-0.15, -0.1) is 0 Å². The van der Waals surface area contributed by atoms with Gasteiger partial charge in [0.1, 0.15) is 19.8 Å². The fourth-order valence-electron chi connectivity index (χ4n) is 4.24. The van der Waals surface area contributed by atoms with E-state index < -0.39 is 26.5 Å². The number of unbranched alkanes of at least 4 members (excludes halogenated alkanes) is 15. The molecular formula is C31H62NO8P. The summed E-state index contributed by atoms with van der Waals surface area (Å²) in [7, 11) is 1.17. The van der Waals surface area contributed by atoms with Gasteiger partial charge in [-0.3, -0.25) is 14.2 Å². The zero-order chi connectivity index (χ0) is 30.8. The molecule has 0 aliphatic carbocycles. The molecule has 0 aromatic carbocycles. The predicted octanol–water partition coefficient (Wildman–Crippen LogP) is 7.10. The van der Waals surface area contributed by atoms with Gasteiger partial charge in [0, 0.05) is 12.8 Å². The van der Waals surface area contributed by atoms with Crippen LogP contribution in [-0.4, -0.2) is 70.0 Å². The van der Waals surface area contributed by atoms with E-state index in [0.29, 0.717) is 17.4 Å². The van der Waals surface area contributed by atoms with Crippen molar-refractivity contribution < 1.29 is 42.1 Å². The third-order valence-electron chi connectivity index (χ3n) is 6.88. The Morgan fingerprint density at radius 1 is 0.659 bits per heavy atom. The second-order valence-electron chi connectivity index (χ2n) is 12.2. The Morgan fingerprint density at radius 2 is 1.10 bits per heavy atom. The SMILES string of the molecule is CCCCCCCCCCCC(=O)OC(COC(=O)CCCCCCCCCC)COP(=O)([O-])OCC[N+](C)(C)C. The quantitative estimate of drug-likeness (QED) is 0.0383. The van der Waals surface area contributed by atoms with Gasteiger partial charge in [0.2, 0.25) is 0 Å². The van der Waals surface area contributed by atoms with Crippen LogP contribution in [-0.2, 0) is 32.7 Å². The van der Waals surface area contributed by atoms with Crippen molar-refractivity contribution in [2.75, 3.05) is 47.5 Å². The molecule has 0 saturated heterocycles. The second-order valence-corrected chi connectivity index (χ2v) is 13.6. The fraction of sp³-hybridized carbons (Fsp3) is 0.935. The summed E-state index contributed by atoms with van der Waals surface area (Å²) in [5.74, 6) is -0.840. The Balaban J connectivity index is 4.53. The van der Waals surface area contributed by atoms with E-state index in [2.05, 4.69) is 13.8 Å². The molecule has 0 aromatic heterocycles. The number of hydrogen-bond donors (Lipinski definition) is 0. The van der Waals surface area contributed by atoms with Crippen molar-refractivity contribution in [3.63, 3.8) is 0 Å². The summed E-state index contributed by atoms with van der Waals surface area (Å²) >= 11 is 0. The van der Waals surface area contributed by atoms with E-state index in [-0.39, 0.29) is 32.0 Å². The van der Waals surface area contributed by atoms with E-state index in [1.54, 1.807) is 0 Å². The number of carbonyl (C=O) groups excluding carboxylic acids is 2. The molecule has 0 spiro atoms. The summed E-state index contributed by atoms with van der Waals surface area (Å²) in [6.45, 7) is 4.14. The van der Waals surface area contributed by atoms with Crippen molar-refractivity contribution in [2.45, 2.75) is 142 Å². The number of rotatable bonds is 29. The molecule has 2 unspecified atom stereocenters. The molecule has 0 heterocycles. The van der Waals surface area contributed by atoms with Crippen LogP contribution in [0.5, 0.6) is 0 Å². The van der Waals surface area contributed by atoms with E-state index in [1.807, 2.05) is 21.1 Å². The molecule has 244 valence electrons. The number of phosphoric acid groups is 1. The van der Waals surface area contributed by atoms with Gasteiger partial charge in [-0.2, -0.15) is 0 Å². The van der Waals surface area contributed by atoms with Crippen LogP contribution >= 0.6 is 7.82 Å². The smallest absolute Gasteiger partial charge is 0.306 e. The van der Waals surface area contributed by atoms with Gasteiger partial charge in [0.05, 0.1) is 27.7 Å². The van der Waals surface area contributed by atoms with Crippen LogP contribution in [0.1, 0.15) is 136 Å². The molecule has 0 N–H and O–H groups in total. The standard InChI is InChI=1S/C31H62NO8P/c1-6-8-10-12-14-16-18-20-22-24-31(34)40-29(28-39-41(35,36)38-26-25-32(3,4)5)27-37-30(33)23-21-19-17-15-13-11-9-7-2/h29H,6-28H2,1-5H3. The third-order valence-corrected chi connectivity index (χ3v) is 7.84. The summed E-state index contributed by atoms with van der Waals surface area (Å²) in [5.41, 5.74) is 0. The summed E-state index contributed by atoms with van der Waals surface area (Å²) < 4.78 is 33.5. The molecule has 0 radical (unpaired) electrons. The summed E-state index contributed by atoms with van der Waals surface area (Å²) in [6.07, 6.45) is 18.6. The predicted molar refractivity (Wildman–Crippen MR) is 162 cm³/mol. The summed E-state index contributed by atoms with van der Waals surface area (Å²) in [6, 6.07) is 0. The van der Waals surface area contributed by atoms with E-state index in [4.69, 9.17) is 18.5 Å². The monoisotopic (exact) mass is 607 g/mol. The second kappa shape index (κ2) is 25.5. The van der Waals surface area contributed by atoms with E-state index in [1.165, 1.54) is 64.2 Å². The first-order valence-electron chi connectivity index (χ1n) is 16.2. The molecule has 0 aromatic rings. The Hall–Kier alpha value is -0.990. The van der Waals surface area contributed by atoms with Crippen LogP contribution in [0.25, 0.3) is 0 Å². The molecule has 0 amide bonds. The number of quaternary nitrogens is 1. The largest absolute Gasteiger partial charge is 0.756 e. The molecule has 10 heteroatoms. The number of esters is 2. The van der Waals surface area contributed by atoms with E-state index >= 15 is 0 Å². The number of phosphoric ester groups is 1. The van der Waals surface area contributed by atoms with Gasteiger partial charge in [0.15, 0.2) is 6.10 Å². The van der Waals surface area contributed by atoms with Gasteiger partial charge >= 0.3 is 11.9 Å². The van der Waals surface area contributed by atoms with Crippen molar-refractivity contribution in [1.29, 1.82) is 0 Å². The molecule has 41 heavy (non-hydrogen) atoms. The van der Waals surface area contributed by atoms with Gasteiger partial charge in [-0.25, -0.2) is 0 Å². The van der Waals surface area contributed by atoms with Crippen molar-refractivity contribution in [1.82, 2.24) is 0 Å². The Kier molecular flexibility index (Phi) is 24.9. The lowest BCUT2D eigenvalue weighted by molar-refractivity contribution is -0.870. The maximum atomic E-state index is 12.5. The average Bonchev–Trinajstić information content (AvgIpc) is 2.90. The van der Waals surface area contributed by atoms with Crippen LogP contribution < -0.4 is 4.89 Å². The lowest BCUT2D eigenvalue weighted by Gasteiger charge is -2.28. The average molecular weight is 608 g/mol. The fourth-order valence-corrected chi connectivity index (χ4v) is 4.97. The highest BCUT2D eigenvalue weighted by molar-refractivity contribution is 7.45. The maximum Gasteiger partial charge on any atom is 0.306 e. The molecule has 0 bridgehead atoms. The molecule has 0 fully saturated rings. The first-order valence-corrected chi connectivity index (χ1v) is 17.7. The van der Waals surface area contributed by atoms with E-state index in [9.17, 15) is 19.0 Å². The highest BCUT2D eigenvalue weighted by Gasteiger charge is 2.21. The Labute approximate surface area is 251 Å². The van der Waals surface area contributed by atoms with Gasteiger partial charge in [-0.1, -0.05) is 110 Å². The minimum atomic E-state index is -4.60. The minimum Gasteiger partial charge on any atom is -0.756 e. The van der Waals surface area contributed by atoms with Crippen LogP contribution in [0.15, 0.2) is 0 Å². The Bertz CT molecular complexity index is 698. The number of nitrogens with zero attached hydrogens (tertiary/aromatic N) is 1. The molecule has 0 aliphatic rings. The summed E-state index contributed by atoms with van der Waals surface area (Å²) in [5, 5.41) is 0. The number of likely N-dealkylation sites (N-methyl/N-ethyl adjacent to an activating group) is 1. The van der Waals surface area contributed by atoms with Crippen molar-refractivity contribution in [2.24, 2.45) is 0 Å². The van der Waals surface area contributed by atoms with Crippen LogP contribution in [0.3, 0.4) is 0 Å². The molecular weight excluding hydrogens is 545 g/mol. The molecule has 0 saturated carbocycles. The zero-order valence-corrected chi connectivity index (χ0v) is 27.9. The number of hydrogen-bond acceptors (Lipinski definition) is 8. The molecule has 0 rings (SSSR count). The van der Waals surface area contributed by atoms with Crippen molar-refractivity contribution in [3.8, 4) is 0 Å². The van der Waals surface area contributed by atoms with Crippen LogP contribution in [0.4, 0.5) is 0 Å². The lowest BCUT2D eigenvalue weighted by Crippen LogP contribution is -2.37. The van der Waals surface area contributed by atoms with Crippen molar-refractivity contribution in [3.05, 3.63) is 0 Å². The van der Waals surface area contributed by atoms with Gasteiger partial charge in [0.25, 0.3) is 7.82 Å². The van der Waals surface area contributed by atoms with Gasteiger partial charge in [-0.05, 0) is 12.8 Å². The normalized spacial score (nSPS) is 14.0. The zero-order valence-electron chi connectivity index (χ0n) is 27.0.